The van der Waals surface area contributed by atoms with Crippen molar-refractivity contribution < 1.29 is 37.9 Å². The molecule has 0 aliphatic heterocycles. The third-order valence-corrected chi connectivity index (χ3v) is 11.4. The van der Waals surface area contributed by atoms with Gasteiger partial charge in [0, 0.05) is 25.0 Å². The summed E-state index contributed by atoms with van der Waals surface area (Å²) in [6.07, 6.45) is 3.05. The molecule has 0 bridgehead atoms. The first kappa shape index (κ1) is 35.6. The smallest absolute Gasteiger partial charge is 0.169 e. The number of benzene rings is 6. The van der Waals surface area contributed by atoms with Gasteiger partial charge in [-0.15, -0.1) is 0 Å². The normalized spacial score (nSPS) is 16.0. The molecule has 0 unspecified atom stereocenters. The SMILES string of the molecule is COc1ccc(-c2cc(-c3cc(-c4ccc(OC)cc4)c4c5c(cc(OC)c(OC)c35)CC[C@@H]4OC)c3c(OC)c(OC)cc4c3c2[C@@H](OC)CC4)cc1. The van der Waals surface area contributed by atoms with E-state index < -0.39 is 0 Å². The van der Waals surface area contributed by atoms with Crippen LogP contribution in [-0.2, 0) is 22.3 Å². The second-order valence-electron chi connectivity index (χ2n) is 13.8. The fourth-order valence-electron chi connectivity index (χ4n) is 8.92. The first-order chi connectivity index (χ1) is 26.4. The number of methoxy groups -OCH3 is 8. The van der Waals surface area contributed by atoms with E-state index in [1.54, 1.807) is 56.9 Å². The number of rotatable bonds is 11. The predicted octanol–water partition coefficient (Wildman–Crippen LogP) is 10.3. The Hall–Kier alpha value is -5.44. The van der Waals surface area contributed by atoms with Gasteiger partial charge in [0.15, 0.2) is 23.0 Å². The van der Waals surface area contributed by atoms with Crippen molar-refractivity contribution in [3.05, 3.63) is 95.1 Å². The Balaban J connectivity index is 1.62. The Morgan fingerprint density at radius 2 is 0.796 bits per heavy atom. The van der Waals surface area contributed by atoms with E-state index in [-0.39, 0.29) is 12.2 Å². The van der Waals surface area contributed by atoms with Crippen molar-refractivity contribution in [1.82, 2.24) is 0 Å². The highest BCUT2D eigenvalue weighted by Gasteiger charge is 2.34. The third kappa shape index (κ3) is 5.50. The Kier molecular flexibility index (Phi) is 9.50. The summed E-state index contributed by atoms with van der Waals surface area (Å²) in [6.45, 7) is 0. The van der Waals surface area contributed by atoms with Crippen molar-refractivity contribution in [3.8, 4) is 67.9 Å². The molecule has 0 amide bonds. The quantitative estimate of drug-likeness (QED) is 0.131. The van der Waals surface area contributed by atoms with E-state index in [0.29, 0.717) is 23.0 Å². The van der Waals surface area contributed by atoms with Crippen LogP contribution in [0.15, 0.2) is 72.8 Å². The summed E-state index contributed by atoms with van der Waals surface area (Å²) in [5.41, 5.74) is 10.9. The van der Waals surface area contributed by atoms with Gasteiger partial charge in [-0.25, -0.2) is 0 Å². The maximum Gasteiger partial charge on any atom is 0.169 e. The van der Waals surface area contributed by atoms with Gasteiger partial charge in [0.25, 0.3) is 0 Å². The molecule has 0 radical (unpaired) electrons. The van der Waals surface area contributed by atoms with Crippen LogP contribution in [0.25, 0.3) is 54.9 Å². The predicted molar refractivity (Wildman–Crippen MR) is 213 cm³/mol. The van der Waals surface area contributed by atoms with Gasteiger partial charge in [0.05, 0.1) is 54.9 Å². The number of hydrogen-bond donors (Lipinski definition) is 0. The summed E-state index contributed by atoms with van der Waals surface area (Å²) in [5, 5.41) is 4.15. The zero-order valence-electron chi connectivity index (χ0n) is 32.2. The van der Waals surface area contributed by atoms with Crippen LogP contribution in [0.1, 0.15) is 47.3 Å². The summed E-state index contributed by atoms with van der Waals surface area (Å²) < 4.78 is 48.5. The molecule has 0 spiro atoms. The topological polar surface area (TPSA) is 73.8 Å². The molecule has 0 N–H and O–H groups in total. The molecular weight excluding hydrogens is 680 g/mol. The van der Waals surface area contributed by atoms with Crippen LogP contribution in [0.4, 0.5) is 0 Å². The van der Waals surface area contributed by atoms with Crippen LogP contribution in [0.2, 0.25) is 0 Å². The Morgan fingerprint density at radius 1 is 0.407 bits per heavy atom. The first-order valence-corrected chi connectivity index (χ1v) is 18.3. The molecule has 2 aliphatic carbocycles. The van der Waals surface area contributed by atoms with Crippen molar-refractivity contribution in [1.29, 1.82) is 0 Å². The molecule has 278 valence electrons. The minimum atomic E-state index is -0.132. The maximum absolute atomic E-state index is 6.33. The van der Waals surface area contributed by atoms with Gasteiger partial charge in [0.1, 0.15) is 11.5 Å². The lowest BCUT2D eigenvalue weighted by Gasteiger charge is -2.32. The molecule has 0 saturated heterocycles. The van der Waals surface area contributed by atoms with Crippen LogP contribution < -0.4 is 28.4 Å². The molecule has 2 aliphatic rings. The molecule has 0 fully saturated rings. The lowest BCUT2D eigenvalue weighted by molar-refractivity contribution is 0.0954. The van der Waals surface area contributed by atoms with Gasteiger partial charge in [0.2, 0.25) is 0 Å². The van der Waals surface area contributed by atoms with Gasteiger partial charge in [-0.1, -0.05) is 24.3 Å². The number of ether oxygens (including phenoxy) is 8. The van der Waals surface area contributed by atoms with E-state index in [2.05, 4.69) is 48.5 Å². The summed E-state index contributed by atoms with van der Waals surface area (Å²) in [6, 6.07) is 25.4. The van der Waals surface area contributed by atoms with Gasteiger partial charge >= 0.3 is 0 Å². The fraction of sp³-hybridized carbons (Fsp3) is 0.304. The van der Waals surface area contributed by atoms with E-state index in [4.69, 9.17) is 37.9 Å². The van der Waals surface area contributed by atoms with Crippen molar-refractivity contribution in [2.24, 2.45) is 0 Å². The number of hydrogen-bond acceptors (Lipinski definition) is 8. The number of aryl methyl sites for hydroxylation is 2. The van der Waals surface area contributed by atoms with Gasteiger partial charge in [-0.2, -0.15) is 0 Å². The van der Waals surface area contributed by atoms with Crippen LogP contribution in [0, 0.1) is 0 Å². The zero-order valence-corrected chi connectivity index (χ0v) is 32.2. The maximum atomic E-state index is 6.33. The van der Waals surface area contributed by atoms with Crippen molar-refractivity contribution in [2.75, 3.05) is 56.9 Å². The fourth-order valence-corrected chi connectivity index (χ4v) is 8.92. The van der Waals surface area contributed by atoms with Gasteiger partial charge in [-0.3, -0.25) is 0 Å². The Bertz CT molecular complexity index is 2210. The highest BCUT2D eigenvalue weighted by Crippen LogP contribution is 2.57. The second-order valence-corrected chi connectivity index (χ2v) is 13.8. The summed E-state index contributed by atoms with van der Waals surface area (Å²) in [5.74, 6) is 4.28. The molecule has 0 aromatic heterocycles. The minimum absolute atomic E-state index is 0.132. The van der Waals surface area contributed by atoms with Crippen LogP contribution in [-0.4, -0.2) is 56.9 Å². The largest absolute Gasteiger partial charge is 0.497 e. The van der Waals surface area contributed by atoms with E-state index in [9.17, 15) is 0 Å². The summed E-state index contributed by atoms with van der Waals surface area (Å²) in [7, 11) is 13.8. The molecule has 8 rings (SSSR count). The molecule has 6 aromatic carbocycles. The van der Waals surface area contributed by atoms with Crippen LogP contribution >= 0.6 is 0 Å². The third-order valence-electron chi connectivity index (χ3n) is 11.4. The zero-order chi connectivity index (χ0) is 37.7. The van der Waals surface area contributed by atoms with E-state index in [0.717, 1.165) is 103 Å². The molecular formula is C46H46O8. The molecule has 2 atom stereocenters. The lowest BCUT2D eigenvalue weighted by atomic mass is 9.76. The van der Waals surface area contributed by atoms with E-state index in [1.807, 2.05) is 24.3 Å². The minimum Gasteiger partial charge on any atom is -0.497 e. The monoisotopic (exact) mass is 726 g/mol. The second kappa shape index (κ2) is 14.4. The van der Waals surface area contributed by atoms with Crippen molar-refractivity contribution >= 4 is 21.5 Å². The van der Waals surface area contributed by atoms with Crippen LogP contribution in [0.3, 0.4) is 0 Å². The van der Waals surface area contributed by atoms with E-state index >= 15 is 0 Å². The van der Waals surface area contributed by atoms with Gasteiger partial charge in [-0.05, 0) is 141 Å². The Labute approximate surface area is 316 Å². The highest BCUT2D eigenvalue weighted by molar-refractivity contribution is 6.17. The van der Waals surface area contributed by atoms with Crippen LogP contribution in [0.5, 0.6) is 34.5 Å². The van der Waals surface area contributed by atoms with Crippen molar-refractivity contribution in [2.45, 2.75) is 37.9 Å². The molecule has 0 heterocycles. The average molecular weight is 727 g/mol. The first-order valence-electron chi connectivity index (χ1n) is 18.3. The van der Waals surface area contributed by atoms with Crippen molar-refractivity contribution in [3.63, 3.8) is 0 Å². The average Bonchev–Trinajstić information content (AvgIpc) is 3.23. The molecule has 0 saturated carbocycles. The Morgan fingerprint density at radius 3 is 1.11 bits per heavy atom. The standard InChI is InChI=1S/C46H46O8/c1-47-29-15-9-25(10-16-29)31-23-33(43-39-27(13-19-35(49-3)41(31)39)21-37(51-5)45(43)53-7)34-24-32(26-11-17-30(48-2)18-12-26)42-36(50-4)20-14-28-22-38(52-6)46(54-8)44(34)40(28)42/h9-12,15-18,21-24,35-36H,13-14,19-20H2,1-8H3/t35-,36-/m0/s1. The summed E-state index contributed by atoms with van der Waals surface area (Å²) >= 11 is 0. The molecule has 8 nitrogen and oxygen atoms in total. The van der Waals surface area contributed by atoms with E-state index in [1.165, 1.54) is 11.1 Å². The molecule has 6 aromatic rings. The highest BCUT2D eigenvalue weighted by atomic mass is 16.5. The summed E-state index contributed by atoms with van der Waals surface area (Å²) in [4.78, 5) is 0. The lowest BCUT2D eigenvalue weighted by Crippen LogP contribution is -2.14. The molecule has 54 heavy (non-hydrogen) atoms. The van der Waals surface area contributed by atoms with Gasteiger partial charge < -0.3 is 37.9 Å². The molecule has 8 heteroatoms.